The summed E-state index contributed by atoms with van der Waals surface area (Å²) in [7, 11) is 0. The maximum Gasteiger partial charge on any atom is 0.224 e. The third kappa shape index (κ3) is 4.68. The lowest BCUT2D eigenvalue weighted by Crippen LogP contribution is -2.17. The summed E-state index contributed by atoms with van der Waals surface area (Å²) in [5.74, 6) is 1.35. The number of aromatic nitrogens is 2. The van der Waals surface area contributed by atoms with Crippen molar-refractivity contribution in [3.63, 3.8) is 0 Å². The summed E-state index contributed by atoms with van der Waals surface area (Å²) in [5, 5.41) is 7.31. The Hall–Kier alpha value is -2.79. The number of nitrogens with zero attached hydrogens (tertiary/aromatic N) is 3. The van der Waals surface area contributed by atoms with Crippen molar-refractivity contribution >= 4 is 34.7 Å². The second kappa shape index (κ2) is 8.27. The Kier molecular flexibility index (Phi) is 5.39. The van der Waals surface area contributed by atoms with Crippen LogP contribution in [0.15, 0.2) is 60.8 Å². The average molecular weight is 380 g/mol. The van der Waals surface area contributed by atoms with Crippen molar-refractivity contribution in [1.82, 2.24) is 9.97 Å². The van der Waals surface area contributed by atoms with Gasteiger partial charge >= 0.3 is 0 Å². The van der Waals surface area contributed by atoms with E-state index in [1.807, 2.05) is 30.3 Å². The minimum Gasteiger partial charge on any atom is -0.372 e. The zero-order valence-electron chi connectivity index (χ0n) is 15.0. The highest BCUT2D eigenvalue weighted by molar-refractivity contribution is 6.30. The Bertz CT molecular complexity index is 874. The van der Waals surface area contributed by atoms with E-state index < -0.39 is 0 Å². The van der Waals surface area contributed by atoms with Crippen LogP contribution in [-0.2, 0) is 6.54 Å². The van der Waals surface area contributed by atoms with Gasteiger partial charge in [0.15, 0.2) is 0 Å². The van der Waals surface area contributed by atoms with Crippen LogP contribution in [0.2, 0.25) is 5.02 Å². The minimum absolute atomic E-state index is 0.587. The van der Waals surface area contributed by atoms with E-state index in [1.165, 1.54) is 18.5 Å². The van der Waals surface area contributed by atoms with Crippen LogP contribution < -0.4 is 15.5 Å². The molecule has 2 heterocycles. The quantitative estimate of drug-likeness (QED) is 0.625. The van der Waals surface area contributed by atoms with Crippen LogP contribution in [0.25, 0.3) is 0 Å². The monoisotopic (exact) mass is 379 g/mol. The zero-order valence-corrected chi connectivity index (χ0v) is 15.8. The topological polar surface area (TPSA) is 53.1 Å². The first-order valence-electron chi connectivity index (χ1n) is 9.20. The SMILES string of the molecule is Clc1ccc(CNc2nccc(Nc3ccc(N4CCCC4)cc3)n2)cc1. The van der Waals surface area contributed by atoms with Crippen LogP contribution in [-0.4, -0.2) is 23.1 Å². The smallest absolute Gasteiger partial charge is 0.224 e. The van der Waals surface area contributed by atoms with Crippen LogP contribution in [0.5, 0.6) is 0 Å². The number of hydrogen-bond acceptors (Lipinski definition) is 5. The lowest BCUT2D eigenvalue weighted by atomic mass is 10.2. The predicted molar refractivity (Wildman–Crippen MR) is 112 cm³/mol. The van der Waals surface area contributed by atoms with E-state index in [0.29, 0.717) is 12.5 Å². The van der Waals surface area contributed by atoms with Crippen LogP contribution >= 0.6 is 11.6 Å². The van der Waals surface area contributed by atoms with E-state index in [9.17, 15) is 0 Å². The fourth-order valence-electron chi connectivity index (χ4n) is 3.18. The maximum atomic E-state index is 5.92. The number of benzene rings is 2. The minimum atomic E-state index is 0.587. The third-order valence-electron chi connectivity index (χ3n) is 4.63. The highest BCUT2D eigenvalue weighted by atomic mass is 35.5. The molecule has 1 aromatic heterocycles. The largest absolute Gasteiger partial charge is 0.372 e. The molecule has 0 radical (unpaired) electrons. The van der Waals surface area contributed by atoms with Crippen molar-refractivity contribution in [1.29, 1.82) is 0 Å². The molecule has 1 saturated heterocycles. The summed E-state index contributed by atoms with van der Waals surface area (Å²) >= 11 is 5.92. The summed E-state index contributed by atoms with van der Waals surface area (Å²) in [6.45, 7) is 2.95. The summed E-state index contributed by atoms with van der Waals surface area (Å²) in [6, 6.07) is 18.1. The Labute approximate surface area is 164 Å². The Balaban J connectivity index is 1.37. The van der Waals surface area contributed by atoms with Gasteiger partial charge in [0, 0.05) is 42.2 Å². The van der Waals surface area contributed by atoms with Gasteiger partial charge in [-0.05, 0) is 60.9 Å². The molecule has 2 N–H and O–H groups in total. The molecule has 1 fully saturated rings. The van der Waals surface area contributed by atoms with Crippen LogP contribution in [0.3, 0.4) is 0 Å². The van der Waals surface area contributed by atoms with Gasteiger partial charge < -0.3 is 15.5 Å². The Morgan fingerprint density at radius 2 is 1.67 bits per heavy atom. The van der Waals surface area contributed by atoms with Crippen LogP contribution in [0.1, 0.15) is 18.4 Å². The molecular formula is C21H22ClN5. The van der Waals surface area contributed by atoms with Crippen molar-refractivity contribution in [3.8, 4) is 0 Å². The Morgan fingerprint density at radius 3 is 2.41 bits per heavy atom. The van der Waals surface area contributed by atoms with Gasteiger partial charge in [0.1, 0.15) is 5.82 Å². The summed E-state index contributed by atoms with van der Waals surface area (Å²) < 4.78 is 0. The molecule has 0 amide bonds. The van der Waals surface area contributed by atoms with E-state index in [0.717, 1.165) is 35.2 Å². The van der Waals surface area contributed by atoms with Crippen molar-refractivity contribution in [2.24, 2.45) is 0 Å². The summed E-state index contributed by atoms with van der Waals surface area (Å²) in [4.78, 5) is 11.2. The molecule has 0 spiro atoms. The lowest BCUT2D eigenvalue weighted by Gasteiger charge is -2.18. The van der Waals surface area contributed by atoms with Gasteiger partial charge in [-0.1, -0.05) is 23.7 Å². The zero-order chi connectivity index (χ0) is 18.5. The molecular weight excluding hydrogens is 358 g/mol. The van der Waals surface area contributed by atoms with Gasteiger partial charge in [-0.2, -0.15) is 4.98 Å². The molecule has 3 aromatic rings. The first-order chi connectivity index (χ1) is 13.3. The van der Waals surface area contributed by atoms with Gasteiger partial charge in [-0.15, -0.1) is 0 Å². The van der Waals surface area contributed by atoms with E-state index in [2.05, 4.69) is 49.8 Å². The molecule has 5 nitrogen and oxygen atoms in total. The van der Waals surface area contributed by atoms with Gasteiger partial charge in [-0.25, -0.2) is 4.98 Å². The molecule has 0 atom stereocenters. The number of nitrogens with one attached hydrogen (secondary N) is 2. The van der Waals surface area contributed by atoms with Gasteiger partial charge in [0.05, 0.1) is 0 Å². The highest BCUT2D eigenvalue weighted by Gasteiger charge is 2.11. The number of halogens is 1. The standard InChI is InChI=1S/C21H22ClN5/c22-17-5-3-16(4-6-17)15-24-21-23-12-11-20(26-21)25-18-7-9-19(10-8-18)27-13-1-2-14-27/h3-12H,1-2,13-15H2,(H2,23,24,25,26). The second-order valence-corrected chi connectivity index (χ2v) is 7.05. The fourth-order valence-corrected chi connectivity index (χ4v) is 3.30. The molecule has 0 unspecified atom stereocenters. The molecule has 0 bridgehead atoms. The molecule has 27 heavy (non-hydrogen) atoms. The van der Waals surface area contributed by atoms with E-state index in [1.54, 1.807) is 6.20 Å². The average Bonchev–Trinajstić information content (AvgIpc) is 3.23. The number of hydrogen-bond donors (Lipinski definition) is 2. The predicted octanol–water partition coefficient (Wildman–Crippen LogP) is 5.09. The van der Waals surface area contributed by atoms with Crippen LogP contribution in [0.4, 0.5) is 23.1 Å². The first-order valence-corrected chi connectivity index (χ1v) is 9.57. The van der Waals surface area contributed by atoms with Crippen molar-refractivity contribution in [3.05, 3.63) is 71.4 Å². The summed E-state index contributed by atoms with van der Waals surface area (Å²) in [5.41, 5.74) is 3.42. The van der Waals surface area contributed by atoms with Crippen molar-refractivity contribution < 1.29 is 0 Å². The fraction of sp³-hybridized carbons (Fsp3) is 0.238. The van der Waals surface area contributed by atoms with E-state index in [4.69, 9.17) is 11.6 Å². The van der Waals surface area contributed by atoms with Crippen LogP contribution in [0, 0.1) is 0 Å². The van der Waals surface area contributed by atoms with Gasteiger partial charge in [-0.3, -0.25) is 0 Å². The van der Waals surface area contributed by atoms with Crippen molar-refractivity contribution in [2.45, 2.75) is 19.4 Å². The van der Waals surface area contributed by atoms with Gasteiger partial charge in [0.2, 0.25) is 5.95 Å². The molecule has 1 aliphatic rings. The Morgan fingerprint density at radius 1 is 0.926 bits per heavy atom. The third-order valence-corrected chi connectivity index (χ3v) is 4.88. The normalized spacial score (nSPS) is 13.6. The molecule has 0 aliphatic carbocycles. The lowest BCUT2D eigenvalue weighted by molar-refractivity contribution is 0.949. The molecule has 138 valence electrons. The number of rotatable bonds is 6. The first kappa shape index (κ1) is 17.6. The highest BCUT2D eigenvalue weighted by Crippen LogP contribution is 2.23. The molecule has 2 aromatic carbocycles. The molecule has 0 saturated carbocycles. The van der Waals surface area contributed by atoms with Gasteiger partial charge in [0.25, 0.3) is 0 Å². The maximum absolute atomic E-state index is 5.92. The molecule has 4 rings (SSSR count). The van der Waals surface area contributed by atoms with E-state index in [-0.39, 0.29) is 0 Å². The van der Waals surface area contributed by atoms with E-state index >= 15 is 0 Å². The molecule has 1 aliphatic heterocycles. The second-order valence-electron chi connectivity index (χ2n) is 6.61. The number of anilines is 4. The van der Waals surface area contributed by atoms with Crippen molar-refractivity contribution in [2.75, 3.05) is 28.6 Å². The summed E-state index contributed by atoms with van der Waals surface area (Å²) in [6.07, 6.45) is 4.32. The molecule has 6 heteroatoms.